The molecule has 4 rings (SSSR count). The van der Waals surface area contributed by atoms with Gasteiger partial charge in [-0.05, 0) is 124 Å². The van der Waals surface area contributed by atoms with Gasteiger partial charge in [0.05, 0.1) is 19.7 Å². The third-order valence-electron chi connectivity index (χ3n) is 19.8. The number of aliphatic hydroxyl groups is 1. The van der Waals surface area contributed by atoms with Gasteiger partial charge in [0.1, 0.15) is 78.5 Å². The number of guanidine groups is 1. The zero-order valence-electron chi connectivity index (χ0n) is 68.9. The number of rotatable bonds is 50. The number of aliphatic carboxylic acids is 1. The number of carbonyl (C=O) groups excluding carboxylic acids is 15. The average Bonchev–Trinajstić information content (AvgIpc) is 1.75. The Morgan fingerprint density at radius 1 is 0.444 bits per heavy atom. The van der Waals surface area contributed by atoms with Gasteiger partial charge in [0, 0.05) is 38.9 Å². The summed E-state index contributed by atoms with van der Waals surface area (Å²) in [6.07, 6.45) is 1.12. The predicted octanol–water partition coefficient (Wildman–Crippen LogP) is -3.55. The summed E-state index contributed by atoms with van der Waals surface area (Å²) >= 11 is 0. The van der Waals surface area contributed by atoms with Crippen LogP contribution in [0.5, 0.6) is 0 Å². The number of nitrogens with one attached hydrogen (secondary N) is 12. The molecule has 650 valence electrons. The molecule has 2 saturated heterocycles. The molecule has 0 radical (unpaired) electrons. The Bertz CT molecular complexity index is 3710. The molecule has 0 unspecified atom stereocenters. The first-order valence-electron chi connectivity index (χ1n) is 40.2. The molecule has 2 heterocycles. The maximum atomic E-state index is 14.7. The largest absolute Gasteiger partial charge is 0.481 e. The molecule has 0 saturated carbocycles. The van der Waals surface area contributed by atoms with E-state index in [2.05, 4.69) is 68.8 Å². The van der Waals surface area contributed by atoms with Crippen molar-refractivity contribution in [1.29, 1.82) is 0 Å². The van der Waals surface area contributed by atoms with E-state index in [1.807, 2.05) is 0 Å². The van der Waals surface area contributed by atoms with E-state index in [4.69, 9.17) is 28.7 Å². The normalized spacial score (nSPS) is 16.7. The zero-order chi connectivity index (χ0) is 87.3. The van der Waals surface area contributed by atoms with Crippen molar-refractivity contribution in [3.05, 3.63) is 71.8 Å². The third-order valence-corrected chi connectivity index (χ3v) is 19.8. The molecule has 0 aliphatic carbocycles. The van der Waals surface area contributed by atoms with Crippen molar-refractivity contribution < 1.29 is 86.9 Å². The number of benzene rings is 2. The van der Waals surface area contributed by atoms with E-state index in [0.29, 0.717) is 30.4 Å². The molecule has 0 aromatic heterocycles. The van der Waals surface area contributed by atoms with Gasteiger partial charge in [-0.25, -0.2) is 0 Å². The van der Waals surface area contributed by atoms with Gasteiger partial charge in [-0.2, -0.15) is 0 Å². The van der Waals surface area contributed by atoms with Crippen molar-refractivity contribution >= 4 is 101 Å². The van der Waals surface area contributed by atoms with Crippen molar-refractivity contribution in [2.45, 2.75) is 244 Å². The van der Waals surface area contributed by atoms with Gasteiger partial charge in [-0.1, -0.05) is 130 Å². The van der Waals surface area contributed by atoms with Crippen molar-refractivity contribution in [2.24, 2.45) is 63.3 Å². The van der Waals surface area contributed by atoms with Gasteiger partial charge < -0.3 is 112 Å². The van der Waals surface area contributed by atoms with E-state index in [-0.39, 0.29) is 115 Å². The second-order valence-electron chi connectivity index (χ2n) is 31.5. The summed E-state index contributed by atoms with van der Waals surface area (Å²) in [4.78, 5) is 228. The summed E-state index contributed by atoms with van der Waals surface area (Å²) in [5.74, 6) is -15.5. The Hall–Kier alpha value is -10.9. The first-order chi connectivity index (χ1) is 55.3. The van der Waals surface area contributed by atoms with Crippen molar-refractivity contribution in [1.82, 2.24) is 73.6 Å². The highest BCUT2D eigenvalue weighted by Gasteiger charge is 2.44. The molecule has 24 N–H and O–H groups in total. The van der Waals surface area contributed by atoms with Crippen molar-refractivity contribution in [3.8, 4) is 0 Å². The Morgan fingerprint density at radius 3 is 1.34 bits per heavy atom. The Kier molecular flexibility index (Phi) is 42.0. The van der Waals surface area contributed by atoms with Gasteiger partial charge in [0.15, 0.2) is 5.96 Å². The summed E-state index contributed by atoms with van der Waals surface area (Å²) < 4.78 is 0. The minimum absolute atomic E-state index is 0.0123. The topological polar surface area (TPSA) is 607 Å². The molecule has 2 aromatic rings. The highest BCUT2D eigenvalue weighted by molar-refractivity contribution is 6.01. The maximum Gasteiger partial charge on any atom is 0.303 e. The van der Waals surface area contributed by atoms with E-state index >= 15 is 0 Å². The number of carbonyl (C=O) groups is 16. The number of aliphatic hydroxyl groups excluding tert-OH is 1. The van der Waals surface area contributed by atoms with Crippen LogP contribution in [0.15, 0.2) is 65.7 Å². The molecule has 38 heteroatoms. The Balaban J connectivity index is 1.49. The number of hydrogen-bond acceptors (Lipinski definition) is 20. The lowest BCUT2D eigenvalue weighted by Crippen LogP contribution is -2.61. The monoisotopic (exact) mass is 1640 g/mol. The van der Waals surface area contributed by atoms with E-state index in [0.717, 1.165) is 4.90 Å². The molecule has 2 aliphatic rings. The smallest absolute Gasteiger partial charge is 0.303 e. The number of aliphatic imine (C=N–C) groups is 1. The van der Waals surface area contributed by atoms with Crippen LogP contribution in [-0.4, -0.2) is 245 Å². The van der Waals surface area contributed by atoms with Crippen molar-refractivity contribution in [2.75, 3.05) is 45.9 Å². The van der Waals surface area contributed by atoms with Crippen molar-refractivity contribution in [3.63, 3.8) is 0 Å². The minimum atomic E-state index is -1.67. The van der Waals surface area contributed by atoms with Crippen LogP contribution in [0.25, 0.3) is 0 Å². The van der Waals surface area contributed by atoms with Crippen LogP contribution in [-0.2, 0) is 89.6 Å². The molecule has 0 spiro atoms. The SMILES string of the molecule is CC(C)C[C@H](NC(=O)CNC(=O)[C@H](Cc1ccccc1)NC(=O)[C@@H](NC(=O)[C@@H]1CCCN1C(=O)[C@@H](NC(=O)[C@H](CCCN=C(N)N)NC(=O)CN)C(C)C)C(C)C)C(=O)N[C@@H](CO)C(=O)N1CCC[C@H]1C(=O)N[C@@H](CC(C)C)C(=O)N[C@@H](Cc1ccccc1)C(=O)N[C@@H](CCCCN)C(=O)N[C@H](C(=O)N[C@@H](CCC(=O)O)C(N)=O)C(C)C. The second-order valence-corrected chi connectivity index (χ2v) is 31.5. The van der Waals surface area contributed by atoms with E-state index in [1.165, 1.54) is 4.90 Å². The molecule has 2 aromatic carbocycles. The quantitative estimate of drug-likeness (QED) is 0.0173. The molecular formula is C79H126N20O18. The number of amides is 15. The number of primary amides is 1. The molecule has 15 amide bonds. The second kappa shape index (κ2) is 49.9. The molecule has 13 atom stereocenters. The fourth-order valence-electron chi connectivity index (χ4n) is 13.5. The zero-order valence-corrected chi connectivity index (χ0v) is 68.9. The van der Waals surface area contributed by atoms with E-state index < -0.39 is 217 Å². The summed E-state index contributed by atoms with van der Waals surface area (Å²) in [6.45, 7) is 15.4. The first kappa shape index (κ1) is 98.5. The van der Waals surface area contributed by atoms with Crippen LogP contribution < -0.4 is 92.5 Å². The molecule has 38 nitrogen and oxygen atoms in total. The fourth-order valence-corrected chi connectivity index (χ4v) is 13.5. The Labute approximate surface area is 683 Å². The first-order valence-corrected chi connectivity index (χ1v) is 40.2. The van der Waals surface area contributed by atoms with Crippen LogP contribution in [0.1, 0.15) is 164 Å². The number of carboxylic acids is 1. The number of hydrogen-bond donors (Lipinski definition) is 19. The molecule has 2 aliphatic heterocycles. The Morgan fingerprint density at radius 2 is 0.863 bits per heavy atom. The number of likely N-dealkylation sites (tertiary alicyclic amines) is 2. The highest BCUT2D eigenvalue weighted by atomic mass is 16.4. The number of carboxylic acid groups (broad SMARTS) is 1. The number of unbranched alkanes of at least 4 members (excludes halogenated alkanes) is 1. The summed E-state index contributed by atoms with van der Waals surface area (Å²) in [6, 6.07) is 0.200. The van der Waals surface area contributed by atoms with Crippen LogP contribution in [0.2, 0.25) is 0 Å². The number of nitrogens with zero attached hydrogens (tertiary/aromatic N) is 3. The molecule has 2 fully saturated rings. The lowest BCUT2D eigenvalue weighted by Gasteiger charge is -2.32. The number of nitrogens with two attached hydrogens (primary N) is 5. The highest BCUT2D eigenvalue weighted by Crippen LogP contribution is 2.24. The van der Waals surface area contributed by atoms with Crippen LogP contribution in [0.4, 0.5) is 0 Å². The van der Waals surface area contributed by atoms with Crippen LogP contribution >= 0.6 is 0 Å². The summed E-state index contributed by atoms with van der Waals surface area (Å²) in [7, 11) is 0. The van der Waals surface area contributed by atoms with Gasteiger partial charge in [-0.15, -0.1) is 0 Å². The molecular weight excluding hydrogens is 1520 g/mol. The molecule has 117 heavy (non-hydrogen) atoms. The van der Waals surface area contributed by atoms with Gasteiger partial charge in [-0.3, -0.25) is 81.7 Å². The average molecular weight is 1640 g/mol. The lowest BCUT2D eigenvalue weighted by atomic mass is 9.99. The standard InChI is InChI=1S/C79H126N20O18/c1-43(2)36-53(88-61(102)41-86-67(106)55(38-48-22-13-11-14-23-48)93-76(115)64(46(7)8)96-74(113)59-29-21-35-99(59)78(117)65(47(9)10)97-68(107)51(87-60(101)40-81)27-19-33-85-79(83)84)70(109)94-57(42-100)77(116)98-34-20-28-58(98)73(112)92-54(37-44(3)4)71(110)91-56(39-49-24-15-12-16-25-49)72(111)90-52(26-17-18-32-80)69(108)95-63(45(5)6)75(114)89-50(66(82)105)30-31-62(103)104/h11-16,22-25,43-47,50-59,63-65,100H,17-21,26-42,80-81H2,1-10H3,(H2,82,105)(H,86,106)(H,87,101)(H,88,102)(H,89,114)(H,90,111)(H,91,110)(H,92,112)(H,93,115)(H,94,109)(H,95,108)(H,96,113)(H,97,107)(H,103,104)(H4,83,84,85)/t50-,51-,52-,53-,54-,55-,56-,57-,58-,59-,63-,64-,65-/m0/s1. The fraction of sp³-hybridized carbons (Fsp3) is 0.633. The lowest BCUT2D eigenvalue weighted by molar-refractivity contribution is -0.143. The summed E-state index contributed by atoms with van der Waals surface area (Å²) in [5.41, 5.74) is 28.9. The van der Waals surface area contributed by atoms with Crippen LogP contribution in [0.3, 0.4) is 0 Å². The predicted molar refractivity (Wildman–Crippen MR) is 432 cm³/mol. The van der Waals surface area contributed by atoms with E-state index in [1.54, 1.807) is 130 Å². The van der Waals surface area contributed by atoms with Crippen LogP contribution in [0, 0.1) is 29.6 Å². The third kappa shape index (κ3) is 33.3. The molecule has 0 bridgehead atoms. The minimum Gasteiger partial charge on any atom is -0.481 e. The van der Waals surface area contributed by atoms with Gasteiger partial charge >= 0.3 is 5.97 Å². The van der Waals surface area contributed by atoms with Gasteiger partial charge in [0.2, 0.25) is 88.6 Å². The van der Waals surface area contributed by atoms with Gasteiger partial charge in [0.25, 0.3) is 0 Å². The summed E-state index contributed by atoms with van der Waals surface area (Å²) in [5, 5.41) is 51.8. The maximum absolute atomic E-state index is 14.7. The van der Waals surface area contributed by atoms with E-state index in [9.17, 15) is 86.9 Å².